The van der Waals surface area contributed by atoms with Crippen molar-refractivity contribution in [2.75, 3.05) is 0 Å². The molecule has 2 rings (SSSR count). The summed E-state index contributed by atoms with van der Waals surface area (Å²) < 4.78 is 3.10. The third-order valence-electron chi connectivity index (χ3n) is 1.24. The first-order chi connectivity index (χ1) is 4.36. The van der Waals surface area contributed by atoms with E-state index in [0.717, 1.165) is 5.52 Å². The zero-order valence-corrected chi connectivity index (χ0v) is 5.85. The molecule has 9 heavy (non-hydrogen) atoms. The summed E-state index contributed by atoms with van der Waals surface area (Å²) >= 11 is 1.72. The van der Waals surface area contributed by atoms with Crippen LogP contribution in [0.15, 0.2) is 17.6 Å². The van der Waals surface area contributed by atoms with Gasteiger partial charge in [0.15, 0.2) is 0 Å². The molecule has 2 aromatic heterocycles. The van der Waals surface area contributed by atoms with Crippen LogP contribution in [0.1, 0.15) is 0 Å². The summed E-state index contributed by atoms with van der Waals surface area (Å²) in [6.45, 7) is 0. The largest absolute Gasteiger partial charge is 0.274 e. The maximum atomic E-state index is 4.20. The molecule has 0 radical (unpaired) electrons. The molecule has 0 aliphatic carbocycles. The highest BCUT2D eigenvalue weighted by Crippen LogP contribution is 2.17. The Labute approximate surface area is 56.7 Å². The lowest BCUT2D eigenvalue weighted by atomic mass is 10.5. The van der Waals surface area contributed by atoms with E-state index in [1.165, 1.54) is 4.70 Å². The van der Waals surface area contributed by atoms with E-state index in [1.807, 2.05) is 24.0 Å². The van der Waals surface area contributed by atoms with Crippen molar-refractivity contribution >= 4 is 21.6 Å². The van der Waals surface area contributed by atoms with Gasteiger partial charge in [-0.05, 0) is 11.4 Å². The molecule has 0 aliphatic heterocycles. The van der Waals surface area contributed by atoms with Crippen LogP contribution in [0, 0.1) is 0 Å². The summed E-state index contributed by atoms with van der Waals surface area (Å²) in [5.74, 6) is 0. The van der Waals surface area contributed by atoms with Crippen molar-refractivity contribution in [3.8, 4) is 0 Å². The molecule has 2 nitrogen and oxygen atoms in total. The second-order valence-corrected chi connectivity index (χ2v) is 2.92. The monoisotopic (exact) mass is 138 g/mol. The molecule has 0 N–H and O–H groups in total. The van der Waals surface area contributed by atoms with Gasteiger partial charge in [0.1, 0.15) is 5.52 Å². The molecular weight excluding hydrogens is 132 g/mol. The van der Waals surface area contributed by atoms with Crippen molar-refractivity contribution in [2.24, 2.45) is 7.05 Å². The summed E-state index contributed by atoms with van der Waals surface area (Å²) in [6, 6.07) is 2.03. The predicted octanol–water partition coefficient (Wildman–Crippen LogP) is 1.63. The summed E-state index contributed by atoms with van der Waals surface area (Å²) in [5.41, 5.74) is 1.10. The van der Waals surface area contributed by atoms with Gasteiger partial charge in [0.25, 0.3) is 0 Å². The molecule has 0 saturated heterocycles. The van der Waals surface area contributed by atoms with E-state index in [0.29, 0.717) is 0 Å². The molecule has 0 aromatic carbocycles. The Kier molecular flexibility index (Phi) is 0.873. The Morgan fingerprint density at radius 1 is 1.67 bits per heavy atom. The highest BCUT2D eigenvalue weighted by molar-refractivity contribution is 7.17. The summed E-state index contributed by atoms with van der Waals surface area (Å²) in [6.07, 6.45) is 2.03. The van der Waals surface area contributed by atoms with Crippen molar-refractivity contribution < 1.29 is 0 Å². The van der Waals surface area contributed by atoms with Crippen LogP contribution < -0.4 is 0 Å². The fourth-order valence-corrected chi connectivity index (χ4v) is 1.65. The van der Waals surface area contributed by atoms with Crippen molar-refractivity contribution in [1.82, 2.24) is 9.78 Å². The van der Waals surface area contributed by atoms with Gasteiger partial charge in [-0.15, -0.1) is 11.3 Å². The molecule has 0 spiro atoms. The van der Waals surface area contributed by atoms with E-state index >= 15 is 0 Å². The third kappa shape index (κ3) is 0.650. The smallest absolute Gasteiger partial charge is 0.103 e. The highest BCUT2D eigenvalue weighted by atomic mass is 32.1. The lowest BCUT2D eigenvalue weighted by Gasteiger charge is -1.79. The van der Waals surface area contributed by atoms with E-state index in [1.54, 1.807) is 11.3 Å². The Balaban J connectivity index is 2.92. The first-order valence-corrected chi connectivity index (χ1v) is 3.61. The van der Waals surface area contributed by atoms with Gasteiger partial charge < -0.3 is 0 Å². The van der Waals surface area contributed by atoms with E-state index in [9.17, 15) is 0 Å². The van der Waals surface area contributed by atoms with E-state index < -0.39 is 0 Å². The third-order valence-corrected chi connectivity index (χ3v) is 2.08. The minimum atomic E-state index is 1.10. The molecular formula is C6H6N2S. The number of aryl methyl sites for hydroxylation is 1. The Morgan fingerprint density at radius 2 is 2.56 bits per heavy atom. The summed E-state index contributed by atoms with van der Waals surface area (Å²) in [4.78, 5) is 0. The van der Waals surface area contributed by atoms with Crippen LogP contribution in [0.25, 0.3) is 10.2 Å². The SMILES string of the molecule is Cn1cc2sccc2n1. The molecule has 46 valence electrons. The predicted molar refractivity (Wildman–Crippen MR) is 38.6 cm³/mol. The van der Waals surface area contributed by atoms with Crippen LogP contribution >= 0.6 is 11.3 Å². The Hall–Kier alpha value is -0.830. The average molecular weight is 138 g/mol. The standard InChI is InChI=1S/C6H6N2S/c1-8-4-6-5(7-8)2-3-9-6/h2-4H,1H3. The normalized spacial score (nSPS) is 10.8. The molecule has 0 fully saturated rings. The second-order valence-electron chi connectivity index (χ2n) is 1.97. The molecule has 0 bridgehead atoms. The molecule has 0 atom stereocenters. The van der Waals surface area contributed by atoms with Crippen LogP contribution in [0.2, 0.25) is 0 Å². The van der Waals surface area contributed by atoms with Gasteiger partial charge in [-0.1, -0.05) is 0 Å². The number of hydrogen-bond donors (Lipinski definition) is 0. The van der Waals surface area contributed by atoms with Gasteiger partial charge in [-0.2, -0.15) is 5.10 Å². The minimum Gasteiger partial charge on any atom is -0.274 e. The van der Waals surface area contributed by atoms with Gasteiger partial charge in [0.2, 0.25) is 0 Å². The zero-order chi connectivity index (χ0) is 6.27. The number of nitrogens with zero attached hydrogens (tertiary/aromatic N) is 2. The lowest BCUT2D eigenvalue weighted by molar-refractivity contribution is 0.780. The van der Waals surface area contributed by atoms with Crippen molar-refractivity contribution in [1.29, 1.82) is 0 Å². The second kappa shape index (κ2) is 1.57. The van der Waals surface area contributed by atoms with Crippen LogP contribution in [0.3, 0.4) is 0 Å². The molecule has 0 saturated carbocycles. The molecule has 0 aliphatic rings. The fourth-order valence-electron chi connectivity index (χ4n) is 0.862. The topological polar surface area (TPSA) is 17.8 Å². The van der Waals surface area contributed by atoms with E-state index in [-0.39, 0.29) is 0 Å². The van der Waals surface area contributed by atoms with Crippen molar-refractivity contribution in [3.63, 3.8) is 0 Å². The number of fused-ring (bicyclic) bond motifs is 1. The van der Waals surface area contributed by atoms with E-state index in [4.69, 9.17) is 0 Å². The maximum Gasteiger partial charge on any atom is 0.103 e. The van der Waals surface area contributed by atoms with Gasteiger partial charge in [0, 0.05) is 13.2 Å². The Bertz CT molecular complexity index is 292. The quantitative estimate of drug-likeness (QED) is 0.541. The summed E-state index contributed by atoms with van der Waals surface area (Å²) in [5, 5.41) is 6.25. The molecule has 3 heteroatoms. The van der Waals surface area contributed by atoms with Crippen molar-refractivity contribution in [3.05, 3.63) is 17.6 Å². The zero-order valence-electron chi connectivity index (χ0n) is 5.03. The van der Waals surface area contributed by atoms with Crippen LogP contribution in [0.4, 0.5) is 0 Å². The van der Waals surface area contributed by atoms with Crippen LogP contribution in [-0.2, 0) is 7.05 Å². The number of rotatable bonds is 0. The highest BCUT2D eigenvalue weighted by Gasteiger charge is 1.95. The number of aromatic nitrogens is 2. The van der Waals surface area contributed by atoms with Crippen LogP contribution in [-0.4, -0.2) is 9.78 Å². The van der Waals surface area contributed by atoms with Gasteiger partial charge in [-0.25, -0.2) is 0 Å². The number of hydrogen-bond acceptors (Lipinski definition) is 2. The molecule has 0 amide bonds. The van der Waals surface area contributed by atoms with E-state index in [2.05, 4.69) is 10.5 Å². The minimum absolute atomic E-state index is 1.10. The average Bonchev–Trinajstić information content (AvgIpc) is 2.22. The lowest BCUT2D eigenvalue weighted by Crippen LogP contribution is -1.84. The summed E-state index contributed by atoms with van der Waals surface area (Å²) in [7, 11) is 1.94. The molecule has 2 heterocycles. The first-order valence-electron chi connectivity index (χ1n) is 2.73. The van der Waals surface area contributed by atoms with Gasteiger partial charge >= 0.3 is 0 Å². The maximum absolute atomic E-state index is 4.20. The van der Waals surface area contributed by atoms with Crippen LogP contribution in [0.5, 0.6) is 0 Å². The van der Waals surface area contributed by atoms with Gasteiger partial charge in [-0.3, -0.25) is 4.68 Å². The fraction of sp³-hybridized carbons (Fsp3) is 0.167. The Morgan fingerprint density at radius 3 is 3.33 bits per heavy atom. The van der Waals surface area contributed by atoms with Gasteiger partial charge in [0.05, 0.1) is 4.70 Å². The molecule has 0 unspecified atom stereocenters. The first kappa shape index (κ1) is 4.99. The molecule has 2 aromatic rings. The van der Waals surface area contributed by atoms with Crippen molar-refractivity contribution in [2.45, 2.75) is 0 Å². The number of thiophene rings is 1.